The first-order chi connectivity index (χ1) is 11.6. The number of benzene rings is 1. The van der Waals surface area contributed by atoms with E-state index in [0.717, 1.165) is 52.3 Å². The van der Waals surface area contributed by atoms with Crippen LogP contribution in [-0.2, 0) is 7.05 Å². The van der Waals surface area contributed by atoms with Crippen molar-refractivity contribution in [1.82, 2.24) is 14.3 Å². The van der Waals surface area contributed by atoms with Crippen LogP contribution in [0.1, 0.15) is 43.4 Å². The number of halogens is 1. The monoisotopic (exact) mass is 345 g/mol. The van der Waals surface area contributed by atoms with Crippen molar-refractivity contribution < 1.29 is 5.11 Å². The second-order valence-corrected chi connectivity index (χ2v) is 6.79. The van der Waals surface area contributed by atoms with E-state index in [1.807, 2.05) is 36.9 Å². The highest BCUT2D eigenvalue weighted by atomic mass is 35.5. The van der Waals surface area contributed by atoms with Gasteiger partial charge >= 0.3 is 0 Å². The van der Waals surface area contributed by atoms with Crippen LogP contribution < -0.4 is 0 Å². The summed E-state index contributed by atoms with van der Waals surface area (Å²) < 4.78 is 4.06. The van der Waals surface area contributed by atoms with E-state index >= 15 is 0 Å². The van der Waals surface area contributed by atoms with Gasteiger partial charge in [-0.2, -0.15) is 5.10 Å². The minimum Gasteiger partial charge on any atom is -0.396 e. The predicted octanol–water partition coefficient (Wildman–Crippen LogP) is 4.59. The summed E-state index contributed by atoms with van der Waals surface area (Å²) in [6, 6.07) is 7.97. The van der Waals surface area contributed by atoms with Crippen LogP contribution in [-0.4, -0.2) is 26.1 Å². The van der Waals surface area contributed by atoms with Gasteiger partial charge in [0.05, 0.1) is 17.8 Å². The first-order valence-electron chi connectivity index (χ1n) is 8.48. The zero-order chi connectivity index (χ0) is 17.3. The first-order valence-corrected chi connectivity index (χ1v) is 8.86. The standard InChI is InChI=1S/C19H24ClN3O/c1-4-5-6-15(12-24)18-13(2)21-22(3)19(18)23-10-9-14-11-16(20)7-8-17(14)23/h7-11,15,24H,4-6,12H2,1-3H3. The molecule has 0 aliphatic heterocycles. The molecule has 0 amide bonds. The molecule has 0 aliphatic carbocycles. The summed E-state index contributed by atoms with van der Waals surface area (Å²) in [7, 11) is 1.96. The van der Waals surface area contributed by atoms with Crippen LogP contribution in [0.3, 0.4) is 0 Å². The Morgan fingerprint density at radius 2 is 2.08 bits per heavy atom. The average Bonchev–Trinajstić information content (AvgIpc) is 3.08. The number of hydrogen-bond acceptors (Lipinski definition) is 2. The Morgan fingerprint density at radius 3 is 2.79 bits per heavy atom. The molecule has 0 saturated heterocycles. The van der Waals surface area contributed by atoms with Crippen molar-refractivity contribution in [3.63, 3.8) is 0 Å². The van der Waals surface area contributed by atoms with Crippen molar-refractivity contribution in [2.45, 2.75) is 39.0 Å². The fraction of sp³-hybridized carbons (Fsp3) is 0.421. The summed E-state index contributed by atoms with van der Waals surface area (Å²) in [5.41, 5.74) is 3.22. The van der Waals surface area contributed by atoms with E-state index < -0.39 is 0 Å². The molecule has 4 nitrogen and oxygen atoms in total. The van der Waals surface area contributed by atoms with Gasteiger partial charge in [0, 0.05) is 35.1 Å². The number of fused-ring (bicyclic) bond motifs is 1. The molecule has 1 atom stereocenters. The molecule has 0 radical (unpaired) electrons. The Bertz CT molecular complexity index is 850. The fourth-order valence-corrected chi connectivity index (χ4v) is 3.68. The molecule has 3 aromatic rings. The SMILES string of the molecule is CCCCC(CO)c1c(C)nn(C)c1-n1ccc2cc(Cl)ccc21. The van der Waals surface area contributed by atoms with E-state index in [4.69, 9.17) is 11.6 Å². The van der Waals surface area contributed by atoms with Crippen LogP contribution in [0.15, 0.2) is 30.5 Å². The molecule has 0 saturated carbocycles. The number of unbranched alkanes of at least 4 members (excludes halogenated alkanes) is 1. The Hall–Kier alpha value is -1.78. The van der Waals surface area contributed by atoms with E-state index in [0.29, 0.717) is 0 Å². The number of aliphatic hydroxyl groups is 1. The molecule has 2 aromatic heterocycles. The Balaban J connectivity index is 2.16. The summed E-state index contributed by atoms with van der Waals surface area (Å²) in [6.45, 7) is 4.34. The molecule has 5 heteroatoms. The number of rotatable bonds is 6. The molecular weight excluding hydrogens is 322 g/mol. The van der Waals surface area contributed by atoms with Crippen LogP contribution in [0, 0.1) is 6.92 Å². The Labute approximate surface area is 147 Å². The first kappa shape index (κ1) is 17.1. The van der Waals surface area contributed by atoms with Gasteiger partial charge in [0.25, 0.3) is 0 Å². The van der Waals surface area contributed by atoms with Crippen molar-refractivity contribution >= 4 is 22.5 Å². The number of nitrogens with zero attached hydrogens (tertiary/aromatic N) is 3. The highest BCUT2D eigenvalue weighted by Gasteiger charge is 2.23. The van der Waals surface area contributed by atoms with E-state index in [-0.39, 0.29) is 12.5 Å². The fourth-order valence-electron chi connectivity index (χ4n) is 3.50. The van der Waals surface area contributed by atoms with E-state index in [2.05, 4.69) is 28.9 Å². The molecule has 1 N–H and O–H groups in total. The molecule has 1 aromatic carbocycles. The van der Waals surface area contributed by atoms with Crippen molar-refractivity contribution in [2.75, 3.05) is 6.61 Å². The molecule has 0 spiro atoms. The van der Waals surface area contributed by atoms with Crippen molar-refractivity contribution in [3.8, 4) is 5.82 Å². The van der Waals surface area contributed by atoms with Gasteiger partial charge in [-0.25, -0.2) is 0 Å². The number of aryl methyl sites for hydroxylation is 2. The van der Waals surface area contributed by atoms with Crippen molar-refractivity contribution in [1.29, 1.82) is 0 Å². The third kappa shape index (κ3) is 2.96. The zero-order valence-corrected chi connectivity index (χ0v) is 15.2. The van der Waals surface area contributed by atoms with Crippen molar-refractivity contribution in [3.05, 3.63) is 46.7 Å². The van der Waals surface area contributed by atoms with Crippen LogP contribution in [0.4, 0.5) is 0 Å². The van der Waals surface area contributed by atoms with Gasteiger partial charge in [0.1, 0.15) is 5.82 Å². The second kappa shape index (κ2) is 6.99. The highest BCUT2D eigenvalue weighted by molar-refractivity contribution is 6.31. The van der Waals surface area contributed by atoms with Crippen LogP contribution in [0.5, 0.6) is 0 Å². The molecular formula is C19H24ClN3O. The molecule has 24 heavy (non-hydrogen) atoms. The highest BCUT2D eigenvalue weighted by Crippen LogP contribution is 2.32. The van der Waals surface area contributed by atoms with Gasteiger partial charge in [-0.05, 0) is 37.6 Å². The van der Waals surface area contributed by atoms with E-state index in [9.17, 15) is 5.11 Å². The number of aliphatic hydroxyl groups excluding tert-OH is 1. The third-order valence-electron chi connectivity index (χ3n) is 4.65. The molecule has 1 unspecified atom stereocenters. The lowest BCUT2D eigenvalue weighted by Crippen LogP contribution is -2.10. The Morgan fingerprint density at radius 1 is 1.29 bits per heavy atom. The summed E-state index contributed by atoms with van der Waals surface area (Å²) in [4.78, 5) is 0. The van der Waals surface area contributed by atoms with Crippen molar-refractivity contribution in [2.24, 2.45) is 7.05 Å². The number of aromatic nitrogens is 3. The number of hydrogen-bond donors (Lipinski definition) is 1. The summed E-state index contributed by atoms with van der Waals surface area (Å²) in [5, 5.41) is 16.4. The molecule has 2 heterocycles. The van der Waals surface area contributed by atoms with E-state index in [1.54, 1.807) is 0 Å². The van der Waals surface area contributed by atoms with Crippen LogP contribution in [0.25, 0.3) is 16.7 Å². The quantitative estimate of drug-likeness (QED) is 0.710. The summed E-state index contributed by atoms with van der Waals surface area (Å²) >= 11 is 6.11. The largest absolute Gasteiger partial charge is 0.396 e. The van der Waals surface area contributed by atoms with Gasteiger partial charge in [0.2, 0.25) is 0 Å². The maximum Gasteiger partial charge on any atom is 0.138 e. The zero-order valence-electron chi connectivity index (χ0n) is 14.5. The second-order valence-electron chi connectivity index (χ2n) is 6.36. The molecule has 3 rings (SSSR count). The van der Waals surface area contributed by atoms with E-state index in [1.165, 1.54) is 0 Å². The smallest absolute Gasteiger partial charge is 0.138 e. The lowest BCUT2D eigenvalue weighted by molar-refractivity contribution is 0.256. The molecule has 0 aliphatic rings. The summed E-state index contributed by atoms with van der Waals surface area (Å²) in [6.07, 6.45) is 5.24. The molecule has 0 fully saturated rings. The lowest BCUT2D eigenvalue weighted by atomic mass is 9.94. The maximum atomic E-state index is 9.95. The minimum atomic E-state index is 0.110. The minimum absolute atomic E-state index is 0.110. The molecule has 128 valence electrons. The van der Waals surface area contributed by atoms with Crippen LogP contribution >= 0.6 is 11.6 Å². The maximum absolute atomic E-state index is 9.95. The normalized spacial score (nSPS) is 12.9. The van der Waals surface area contributed by atoms with Gasteiger partial charge < -0.3 is 9.67 Å². The lowest BCUT2D eigenvalue weighted by Gasteiger charge is -2.17. The Kier molecular flexibility index (Phi) is 4.97. The van der Waals surface area contributed by atoms with Crippen LogP contribution in [0.2, 0.25) is 5.02 Å². The third-order valence-corrected chi connectivity index (χ3v) is 4.89. The van der Waals surface area contributed by atoms with Gasteiger partial charge in [-0.15, -0.1) is 0 Å². The predicted molar refractivity (Wildman–Crippen MR) is 99.1 cm³/mol. The molecule has 0 bridgehead atoms. The van der Waals surface area contributed by atoms with Gasteiger partial charge in [-0.3, -0.25) is 4.68 Å². The topological polar surface area (TPSA) is 43.0 Å². The van der Waals surface area contributed by atoms with Gasteiger partial charge in [0.15, 0.2) is 0 Å². The summed E-state index contributed by atoms with van der Waals surface area (Å²) in [5.74, 6) is 1.14. The average molecular weight is 346 g/mol. The van der Waals surface area contributed by atoms with Gasteiger partial charge in [-0.1, -0.05) is 31.4 Å².